The Morgan fingerprint density at radius 3 is 2.32 bits per heavy atom. The largest absolute Gasteiger partial charge is 0.346 e. The highest BCUT2D eigenvalue weighted by atomic mass is 35.5. The van der Waals surface area contributed by atoms with Crippen molar-refractivity contribution >= 4 is 29.3 Å². The maximum atomic E-state index is 12.6. The van der Waals surface area contributed by atoms with E-state index in [0.29, 0.717) is 5.56 Å². The molecule has 0 aliphatic rings. The molecule has 0 spiro atoms. The molecule has 144 valence electrons. The summed E-state index contributed by atoms with van der Waals surface area (Å²) in [4.78, 5) is 13.8. The summed E-state index contributed by atoms with van der Waals surface area (Å²) in [5, 5.41) is 3.84. The van der Waals surface area contributed by atoms with Crippen LogP contribution in [0.25, 0.3) is 0 Å². The number of amides is 1. The average molecular weight is 410 g/mol. The number of hydrogen-bond acceptors (Lipinski definition) is 2. The molecule has 0 saturated heterocycles. The quantitative estimate of drug-likeness (QED) is 0.456. The molecule has 1 N–H and O–H groups in total. The third-order valence-corrected chi connectivity index (χ3v) is 6.01. The lowest BCUT2D eigenvalue weighted by molar-refractivity contribution is 0.0940. The van der Waals surface area contributed by atoms with Crippen LogP contribution in [0.3, 0.4) is 0 Å². The monoisotopic (exact) mass is 409 g/mol. The number of aryl methyl sites for hydroxylation is 2. The summed E-state index contributed by atoms with van der Waals surface area (Å²) in [6.45, 7) is 6.18. The molecular formula is C24H24ClNOS. The molecule has 3 aromatic rings. The van der Waals surface area contributed by atoms with Crippen LogP contribution < -0.4 is 5.32 Å². The van der Waals surface area contributed by atoms with Crippen molar-refractivity contribution in [1.29, 1.82) is 0 Å². The van der Waals surface area contributed by atoms with E-state index in [1.165, 1.54) is 21.6 Å². The molecule has 0 fully saturated rings. The molecule has 0 aliphatic heterocycles. The lowest BCUT2D eigenvalue weighted by atomic mass is 10.00. The van der Waals surface area contributed by atoms with Crippen molar-refractivity contribution in [3.63, 3.8) is 0 Å². The first kappa shape index (κ1) is 20.5. The topological polar surface area (TPSA) is 29.1 Å². The van der Waals surface area contributed by atoms with Crippen molar-refractivity contribution in [2.75, 3.05) is 0 Å². The summed E-state index contributed by atoms with van der Waals surface area (Å²) in [5.41, 5.74) is 5.43. The molecule has 0 heterocycles. The molecule has 3 aromatic carbocycles. The van der Waals surface area contributed by atoms with Crippen molar-refractivity contribution in [3.8, 4) is 0 Å². The van der Waals surface area contributed by atoms with Gasteiger partial charge in [-0.3, -0.25) is 4.79 Å². The Labute approximate surface area is 176 Å². The molecule has 0 bridgehead atoms. The fourth-order valence-electron chi connectivity index (χ4n) is 3.12. The highest BCUT2D eigenvalue weighted by Crippen LogP contribution is 2.24. The van der Waals surface area contributed by atoms with Crippen LogP contribution in [0.15, 0.2) is 71.6 Å². The van der Waals surface area contributed by atoms with Gasteiger partial charge in [0.25, 0.3) is 5.91 Å². The molecule has 1 amide bonds. The average Bonchev–Trinajstić information content (AvgIpc) is 2.67. The summed E-state index contributed by atoms with van der Waals surface area (Å²) in [7, 11) is 0. The van der Waals surface area contributed by atoms with Crippen molar-refractivity contribution in [2.45, 2.75) is 37.5 Å². The lowest BCUT2D eigenvalue weighted by Gasteiger charge is -2.17. The zero-order valence-electron chi connectivity index (χ0n) is 16.3. The fourth-order valence-corrected chi connectivity index (χ4v) is 4.10. The molecule has 1 unspecified atom stereocenters. The number of halogens is 1. The molecular weight excluding hydrogens is 386 g/mol. The zero-order valence-corrected chi connectivity index (χ0v) is 17.9. The first-order valence-corrected chi connectivity index (χ1v) is 10.6. The summed E-state index contributed by atoms with van der Waals surface area (Å²) in [5.74, 6) is 0.798. The van der Waals surface area contributed by atoms with Gasteiger partial charge < -0.3 is 5.32 Å². The SMILES string of the molecule is Cc1ccc(C(C)NC(=O)c2ccc(CSc3ccc(Cl)cc3)cc2)c(C)c1. The van der Waals surface area contributed by atoms with E-state index >= 15 is 0 Å². The number of rotatable bonds is 6. The second-order valence-electron chi connectivity index (χ2n) is 6.99. The highest BCUT2D eigenvalue weighted by molar-refractivity contribution is 7.98. The molecule has 2 nitrogen and oxygen atoms in total. The molecule has 1 atom stereocenters. The Bertz CT molecular complexity index is 951. The Morgan fingerprint density at radius 2 is 1.68 bits per heavy atom. The van der Waals surface area contributed by atoms with Crippen LogP contribution in [-0.4, -0.2) is 5.91 Å². The van der Waals surface area contributed by atoms with Gasteiger partial charge in [0.05, 0.1) is 6.04 Å². The van der Waals surface area contributed by atoms with Gasteiger partial charge >= 0.3 is 0 Å². The van der Waals surface area contributed by atoms with Gasteiger partial charge in [-0.15, -0.1) is 11.8 Å². The van der Waals surface area contributed by atoms with E-state index in [-0.39, 0.29) is 11.9 Å². The van der Waals surface area contributed by atoms with E-state index in [1.54, 1.807) is 11.8 Å². The van der Waals surface area contributed by atoms with Crippen LogP contribution in [0.1, 0.15) is 45.6 Å². The number of benzene rings is 3. The number of nitrogens with one attached hydrogen (secondary N) is 1. The van der Waals surface area contributed by atoms with Crippen LogP contribution in [0.4, 0.5) is 0 Å². The third kappa shape index (κ3) is 5.40. The molecule has 0 aromatic heterocycles. The minimum absolute atomic E-state index is 0.0340. The smallest absolute Gasteiger partial charge is 0.251 e. The first-order valence-electron chi connectivity index (χ1n) is 9.27. The second-order valence-corrected chi connectivity index (χ2v) is 8.48. The molecule has 4 heteroatoms. The Hall–Kier alpha value is -2.23. The molecule has 0 radical (unpaired) electrons. The normalized spacial score (nSPS) is 11.9. The Balaban J connectivity index is 1.59. The van der Waals surface area contributed by atoms with Crippen molar-refractivity contribution in [1.82, 2.24) is 5.32 Å². The summed E-state index contributed by atoms with van der Waals surface area (Å²) in [6, 6.07) is 21.9. The zero-order chi connectivity index (χ0) is 20.1. The number of carbonyl (C=O) groups excluding carboxylic acids is 1. The van der Waals surface area contributed by atoms with Crippen LogP contribution in [0, 0.1) is 13.8 Å². The lowest BCUT2D eigenvalue weighted by Crippen LogP contribution is -2.27. The molecule has 28 heavy (non-hydrogen) atoms. The van der Waals surface area contributed by atoms with Gasteiger partial charge in [-0.2, -0.15) is 0 Å². The maximum Gasteiger partial charge on any atom is 0.251 e. The third-order valence-electron chi connectivity index (χ3n) is 4.67. The van der Waals surface area contributed by atoms with E-state index in [1.807, 2.05) is 55.5 Å². The summed E-state index contributed by atoms with van der Waals surface area (Å²) >= 11 is 7.67. The molecule has 0 aliphatic carbocycles. The first-order chi connectivity index (χ1) is 13.4. The van der Waals surface area contributed by atoms with Crippen LogP contribution >= 0.6 is 23.4 Å². The maximum absolute atomic E-state index is 12.6. The van der Waals surface area contributed by atoms with Crippen LogP contribution in [0.2, 0.25) is 5.02 Å². The van der Waals surface area contributed by atoms with Gasteiger partial charge in [0.2, 0.25) is 0 Å². The summed E-state index contributed by atoms with van der Waals surface area (Å²) < 4.78 is 0. The van der Waals surface area contributed by atoms with Crippen LogP contribution in [-0.2, 0) is 5.75 Å². The van der Waals surface area contributed by atoms with E-state index in [2.05, 4.69) is 37.4 Å². The molecule has 3 rings (SSSR count). The second kappa shape index (κ2) is 9.31. The van der Waals surface area contributed by atoms with Gasteiger partial charge in [-0.05, 0) is 73.9 Å². The number of thioether (sulfide) groups is 1. The van der Waals surface area contributed by atoms with Gasteiger partial charge in [0, 0.05) is 21.2 Å². The number of hydrogen-bond donors (Lipinski definition) is 1. The van der Waals surface area contributed by atoms with Crippen LogP contribution in [0.5, 0.6) is 0 Å². The van der Waals surface area contributed by atoms with E-state index in [4.69, 9.17) is 11.6 Å². The van der Waals surface area contributed by atoms with Gasteiger partial charge in [-0.1, -0.05) is 47.5 Å². The van der Waals surface area contributed by atoms with E-state index in [0.717, 1.165) is 16.3 Å². The van der Waals surface area contributed by atoms with E-state index < -0.39 is 0 Å². The van der Waals surface area contributed by atoms with E-state index in [9.17, 15) is 4.79 Å². The Morgan fingerprint density at radius 1 is 1.00 bits per heavy atom. The van der Waals surface area contributed by atoms with Gasteiger partial charge in [0.15, 0.2) is 0 Å². The highest BCUT2D eigenvalue weighted by Gasteiger charge is 2.13. The van der Waals surface area contributed by atoms with Gasteiger partial charge in [-0.25, -0.2) is 0 Å². The standard InChI is InChI=1S/C24H24ClNOS/c1-16-4-13-23(17(2)14-16)18(3)26-24(27)20-7-5-19(6-8-20)15-28-22-11-9-21(25)10-12-22/h4-14,18H,15H2,1-3H3,(H,26,27). The van der Waals surface area contributed by atoms with Crippen molar-refractivity contribution in [3.05, 3.63) is 99.6 Å². The minimum Gasteiger partial charge on any atom is -0.346 e. The van der Waals surface area contributed by atoms with Gasteiger partial charge in [0.1, 0.15) is 0 Å². The Kier molecular flexibility index (Phi) is 6.82. The predicted octanol–water partition coefficient (Wildman–Crippen LogP) is 6.74. The van der Waals surface area contributed by atoms with Crippen molar-refractivity contribution < 1.29 is 4.79 Å². The predicted molar refractivity (Wildman–Crippen MR) is 119 cm³/mol. The fraction of sp³-hybridized carbons (Fsp3) is 0.208. The minimum atomic E-state index is -0.0515. The summed E-state index contributed by atoms with van der Waals surface area (Å²) in [6.07, 6.45) is 0. The number of carbonyl (C=O) groups is 1. The van der Waals surface area contributed by atoms with Crippen molar-refractivity contribution in [2.24, 2.45) is 0 Å². The molecule has 0 saturated carbocycles.